The first-order chi connectivity index (χ1) is 14.6. The molecule has 0 aromatic heterocycles. The van der Waals surface area contributed by atoms with Crippen LogP contribution in [-0.2, 0) is 16.9 Å². The number of fused-ring (bicyclic) bond motifs is 2. The van der Waals surface area contributed by atoms with Crippen molar-refractivity contribution >= 4 is 23.2 Å². The van der Waals surface area contributed by atoms with Gasteiger partial charge in [-0.3, -0.25) is 4.79 Å². The molecule has 2 aliphatic rings. The van der Waals surface area contributed by atoms with E-state index in [1.54, 1.807) is 41.3 Å². The molecule has 0 saturated heterocycles. The van der Waals surface area contributed by atoms with E-state index in [1.165, 1.54) is 0 Å². The molecule has 0 fully saturated rings. The summed E-state index contributed by atoms with van der Waals surface area (Å²) in [6.45, 7) is 1.44. The maximum Gasteiger partial charge on any atom is 0.268 e. The Morgan fingerprint density at radius 1 is 0.967 bits per heavy atom. The zero-order valence-electron chi connectivity index (χ0n) is 16.2. The van der Waals surface area contributed by atoms with Crippen LogP contribution in [0.15, 0.2) is 66.7 Å². The Bertz CT molecular complexity index is 1110. The van der Waals surface area contributed by atoms with Crippen LogP contribution in [0.4, 0.5) is 5.69 Å². The Labute approximate surface area is 179 Å². The topological polar surface area (TPSA) is 59.0 Å². The smallest absolute Gasteiger partial charge is 0.268 e. The number of halogens is 1. The zero-order valence-corrected chi connectivity index (χ0v) is 16.9. The average molecular weight is 422 g/mol. The number of carbonyl (C=O) groups is 1. The van der Waals surface area contributed by atoms with Crippen LogP contribution in [-0.4, -0.2) is 24.2 Å². The van der Waals surface area contributed by atoms with Gasteiger partial charge in [-0.1, -0.05) is 48.0 Å². The Hall–Kier alpha value is -3.02. The second-order valence-electron chi connectivity index (χ2n) is 7.46. The monoisotopic (exact) mass is 421 g/mol. The van der Waals surface area contributed by atoms with Crippen LogP contribution in [0.1, 0.15) is 23.1 Å². The molecule has 3 aromatic carbocycles. The molecular weight excluding hydrogens is 402 g/mol. The number of amides is 1. The number of carbonyl (C=O) groups excluding carboxylic acids is 1. The second-order valence-corrected chi connectivity index (χ2v) is 7.89. The van der Waals surface area contributed by atoms with E-state index in [0.717, 1.165) is 12.0 Å². The van der Waals surface area contributed by atoms with Crippen LogP contribution >= 0.6 is 11.6 Å². The number of anilines is 1. The van der Waals surface area contributed by atoms with Gasteiger partial charge < -0.3 is 19.5 Å². The van der Waals surface area contributed by atoms with Crippen molar-refractivity contribution in [3.05, 3.63) is 88.4 Å². The highest BCUT2D eigenvalue weighted by Gasteiger charge is 2.51. The largest absolute Gasteiger partial charge is 0.490 e. The molecule has 0 saturated carbocycles. The van der Waals surface area contributed by atoms with E-state index in [9.17, 15) is 9.90 Å². The predicted octanol–water partition coefficient (Wildman–Crippen LogP) is 4.28. The minimum absolute atomic E-state index is 0.333. The van der Waals surface area contributed by atoms with Crippen LogP contribution in [0, 0.1) is 0 Å². The van der Waals surface area contributed by atoms with Crippen molar-refractivity contribution in [2.45, 2.75) is 18.6 Å². The van der Waals surface area contributed by atoms with Gasteiger partial charge in [0.25, 0.3) is 5.91 Å². The molecule has 5 nitrogen and oxygen atoms in total. The zero-order chi connectivity index (χ0) is 20.7. The fourth-order valence-corrected chi connectivity index (χ4v) is 4.16. The fourth-order valence-electron chi connectivity index (χ4n) is 4.03. The summed E-state index contributed by atoms with van der Waals surface area (Å²) in [6.07, 6.45) is 0.783. The number of hydrogen-bond acceptors (Lipinski definition) is 4. The van der Waals surface area contributed by atoms with Crippen LogP contribution in [0.25, 0.3) is 0 Å². The highest BCUT2D eigenvalue weighted by Crippen LogP contribution is 2.46. The summed E-state index contributed by atoms with van der Waals surface area (Å²) in [5.41, 5.74) is 0.826. The lowest BCUT2D eigenvalue weighted by molar-refractivity contribution is -0.132. The van der Waals surface area contributed by atoms with E-state index < -0.39 is 11.5 Å². The number of aliphatic hydroxyl groups is 1. The molecule has 1 amide bonds. The molecular formula is C24H20ClNO4. The van der Waals surface area contributed by atoms with Crippen molar-refractivity contribution in [1.82, 2.24) is 0 Å². The first-order valence-electron chi connectivity index (χ1n) is 9.86. The van der Waals surface area contributed by atoms with Crippen LogP contribution in [0.3, 0.4) is 0 Å². The summed E-state index contributed by atoms with van der Waals surface area (Å²) in [4.78, 5) is 15.2. The lowest BCUT2D eigenvalue weighted by Crippen LogP contribution is -2.40. The first kappa shape index (κ1) is 19.0. The molecule has 1 N–H and O–H groups in total. The molecule has 6 heteroatoms. The summed E-state index contributed by atoms with van der Waals surface area (Å²) >= 11 is 5.99. The summed E-state index contributed by atoms with van der Waals surface area (Å²) < 4.78 is 11.5. The molecule has 2 heterocycles. The molecule has 0 spiro atoms. The number of nitrogens with zero attached hydrogens (tertiary/aromatic N) is 1. The minimum atomic E-state index is -1.80. The number of benzene rings is 3. The highest BCUT2D eigenvalue weighted by molar-refractivity contribution is 6.30. The Morgan fingerprint density at radius 3 is 2.50 bits per heavy atom. The molecule has 1 atom stereocenters. The molecule has 0 radical (unpaired) electrons. The molecule has 30 heavy (non-hydrogen) atoms. The summed E-state index contributed by atoms with van der Waals surface area (Å²) in [5.74, 6) is 0.768. The van der Waals surface area contributed by atoms with Gasteiger partial charge in [-0.25, -0.2) is 0 Å². The molecule has 0 bridgehead atoms. The van der Waals surface area contributed by atoms with Crippen molar-refractivity contribution in [2.75, 3.05) is 18.1 Å². The number of para-hydroxylation sites is 1. The van der Waals surface area contributed by atoms with Crippen LogP contribution < -0.4 is 14.4 Å². The Balaban J connectivity index is 1.57. The van der Waals surface area contributed by atoms with Crippen LogP contribution in [0.2, 0.25) is 5.02 Å². The molecule has 2 aliphatic heterocycles. The van der Waals surface area contributed by atoms with Crippen molar-refractivity contribution in [3.8, 4) is 11.5 Å². The quantitative estimate of drug-likeness (QED) is 0.685. The number of rotatable bonds is 3. The predicted molar refractivity (Wildman–Crippen MR) is 114 cm³/mol. The summed E-state index contributed by atoms with van der Waals surface area (Å²) in [6, 6.07) is 19.9. The van der Waals surface area contributed by atoms with Gasteiger partial charge in [0.2, 0.25) is 0 Å². The van der Waals surface area contributed by atoms with Gasteiger partial charge in [0.15, 0.2) is 17.1 Å². The van der Waals surface area contributed by atoms with E-state index in [1.807, 2.05) is 30.3 Å². The third-order valence-corrected chi connectivity index (χ3v) is 5.81. The lowest BCUT2D eigenvalue weighted by atomic mass is 9.87. The minimum Gasteiger partial charge on any atom is -0.490 e. The van der Waals surface area contributed by atoms with Gasteiger partial charge >= 0.3 is 0 Å². The van der Waals surface area contributed by atoms with E-state index in [4.69, 9.17) is 21.1 Å². The fraction of sp³-hybridized carbons (Fsp3) is 0.208. The van der Waals surface area contributed by atoms with Gasteiger partial charge in [0.05, 0.1) is 25.4 Å². The van der Waals surface area contributed by atoms with Gasteiger partial charge in [-0.15, -0.1) is 0 Å². The molecule has 0 aliphatic carbocycles. The van der Waals surface area contributed by atoms with E-state index in [-0.39, 0.29) is 0 Å². The normalized spacial score (nSPS) is 20.1. The third-order valence-electron chi connectivity index (χ3n) is 5.56. The summed E-state index contributed by atoms with van der Waals surface area (Å²) in [5, 5.41) is 12.4. The standard InChI is InChI=1S/C24H20ClNO4/c25-18-9-6-16(7-10-18)15-26-20-5-2-1-4-19(20)24(28,23(26)27)17-8-11-21-22(14-17)30-13-3-12-29-21/h1-2,4-11,14,28H,3,12-13,15H2. The molecule has 5 rings (SSSR count). The van der Waals surface area contributed by atoms with E-state index in [0.29, 0.717) is 53.1 Å². The van der Waals surface area contributed by atoms with Gasteiger partial charge in [0.1, 0.15) is 0 Å². The van der Waals surface area contributed by atoms with Crippen molar-refractivity contribution in [1.29, 1.82) is 0 Å². The van der Waals surface area contributed by atoms with Gasteiger partial charge in [-0.05, 0) is 35.9 Å². The second kappa shape index (κ2) is 7.35. The van der Waals surface area contributed by atoms with E-state index >= 15 is 0 Å². The first-order valence-corrected chi connectivity index (χ1v) is 10.2. The Morgan fingerprint density at radius 2 is 1.70 bits per heavy atom. The SMILES string of the molecule is O=C1N(Cc2ccc(Cl)cc2)c2ccccc2C1(O)c1ccc2c(c1)OCCCO2. The molecule has 1 unspecified atom stereocenters. The number of hydrogen-bond donors (Lipinski definition) is 1. The lowest BCUT2D eigenvalue weighted by Gasteiger charge is -2.24. The van der Waals surface area contributed by atoms with Gasteiger partial charge in [0, 0.05) is 22.6 Å². The highest BCUT2D eigenvalue weighted by atomic mass is 35.5. The third kappa shape index (κ3) is 3.02. The molecule has 152 valence electrons. The average Bonchev–Trinajstić information content (AvgIpc) is 2.93. The van der Waals surface area contributed by atoms with Crippen molar-refractivity contribution in [2.24, 2.45) is 0 Å². The van der Waals surface area contributed by atoms with E-state index in [2.05, 4.69) is 0 Å². The van der Waals surface area contributed by atoms with Crippen LogP contribution in [0.5, 0.6) is 11.5 Å². The maximum atomic E-state index is 13.6. The van der Waals surface area contributed by atoms with Crippen molar-refractivity contribution in [3.63, 3.8) is 0 Å². The number of ether oxygens (including phenoxy) is 2. The maximum absolute atomic E-state index is 13.6. The summed E-state index contributed by atoms with van der Waals surface area (Å²) in [7, 11) is 0. The van der Waals surface area contributed by atoms with Crippen molar-refractivity contribution < 1.29 is 19.4 Å². The van der Waals surface area contributed by atoms with Gasteiger partial charge in [-0.2, -0.15) is 0 Å². The Kier molecular flexibility index (Phi) is 4.65. The molecule has 3 aromatic rings.